The number of aliphatic imine (C=N–C) groups is 1. The van der Waals surface area contributed by atoms with Gasteiger partial charge in [-0.1, -0.05) is 61.1 Å². The number of hydrazone groups is 2. The third-order valence-electron chi connectivity index (χ3n) is 7.76. The molecule has 18 heteroatoms. The molecule has 284 valence electrons. The molecule has 3 unspecified atom stereocenters. The van der Waals surface area contributed by atoms with E-state index in [1.807, 2.05) is 50.3 Å². The molecular weight excluding hydrogens is 674 g/mol. The van der Waals surface area contributed by atoms with Gasteiger partial charge >= 0.3 is 5.97 Å². The Labute approximate surface area is 303 Å². The van der Waals surface area contributed by atoms with E-state index in [1.54, 1.807) is 0 Å². The largest absolute Gasteiger partial charge is 0.469 e. The smallest absolute Gasteiger partial charge is 0.308 e. The molecule has 7 N–H and O–H groups in total. The highest BCUT2D eigenvalue weighted by atomic mass is 16.7. The minimum atomic E-state index is -1.11. The normalized spacial score (nSPS) is 16.6. The summed E-state index contributed by atoms with van der Waals surface area (Å²) in [6.45, 7) is 4.98. The molecule has 2 aliphatic rings. The van der Waals surface area contributed by atoms with Crippen LogP contribution in [0.4, 0.5) is 0 Å². The number of ether oxygens (including phenoxy) is 1. The lowest BCUT2D eigenvalue weighted by Gasteiger charge is -2.28. The monoisotopic (exact) mass is 725 g/mol. The van der Waals surface area contributed by atoms with Crippen LogP contribution in [0, 0.1) is 10.1 Å². The van der Waals surface area contributed by atoms with Crippen molar-refractivity contribution in [2.75, 3.05) is 26.7 Å². The van der Waals surface area contributed by atoms with E-state index in [4.69, 9.17) is 10.5 Å². The molecular formula is C34H51N11O7. The van der Waals surface area contributed by atoms with Crippen molar-refractivity contribution in [3.63, 3.8) is 0 Å². The maximum absolute atomic E-state index is 13.4. The molecule has 3 rings (SSSR count). The highest BCUT2D eigenvalue weighted by molar-refractivity contribution is 5.95. The van der Waals surface area contributed by atoms with Crippen molar-refractivity contribution >= 4 is 42.2 Å². The number of amides is 3. The van der Waals surface area contributed by atoms with Gasteiger partial charge < -0.3 is 31.3 Å². The number of nitrogens with one attached hydrogen (secondary N) is 5. The minimum Gasteiger partial charge on any atom is -0.469 e. The van der Waals surface area contributed by atoms with Gasteiger partial charge in [-0.05, 0) is 51.0 Å². The Bertz CT molecular complexity index is 1460. The number of benzene rings is 1. The first-order valence-corrected chi connectivity index (χ1v) is 17.2. The Morgan fingerprint density at radius 3 is 2.62 bits per heavy atom. The number of hydrogen-bond acceptors (Lipinski definition) is 10. The summed E-state index contributed by atoms with van der Waals surface area (Å²) >= 11 is 0. The molecule has 1 heterocycles. The van der Waals surface area contributed by atoms with Gasteiger partial charge in [0.2, 0.25) is 17.7 Å². The van der Waals surface area contributed by atoms with Crippen molar-refractivity contribution in [1.29, 1.82) is 0 Å². The molecule has 3 amide bonds. The van der Waals surface area contributed by atoms with Gasteiger partial charge in [-0.25, -0.2) is 15.6 Å². The van der Waals surface area contributed by atoms with E-state index in [2.05, 4.69) is 54.3 Å². The number of methoxy groups -OCH3 is 1. The molecule has 0 radical (unpaired) electrons. The molecule has 0 spiro atoms. The zero-order valence-electron chi connectivity index (χ0n) is 30.0. The Balaban J connectivity index is 0.000000815. The Hall–Kier alpha value is -5.81. The second kappa shape index (κ2) is 24.4. The number of rotatable bonds is 18. The Kier molecular flexibility index (Phi) is 19.8. The molecule has 3 atom stereocenters. The molecule has 1 aliphatic carbocycles. The quantitative estimate of drug-likeness (QED) is 0.0317. The predicted molar refractivity (Wildman–Crippen MR) is 197 cm³/mol. The van der Waals surface area contributed by atoms with Crippen LogP contribution in [0.3, 0.4) is 0 Å². The molecule has 1 saturated heterocycles. The number of carbonyl (C=O) groups excluding carboxylic acids is 4. The SMILES string of the molecule is CCCN/C(N)=N/[N+](=O)[O-].COC(=O)CC(NC(=O)CCC1=CCCC=C1)C(=O)N1CCCC1C(=O)NC/C=N/NNC=NC(C)c1ccccc1. The predicted octanol–water partition coefficient (Wildman–Crippen LogP) is 1.56. The van der Waals surface area contributed by atoms with Crippen molar-refractivity contribution < 1.29 is 28.9 Å². The van der Waals surface area contributed by atoms with Gasteiger partial charge in [0.25, 0.3) is 5.96 Å². The summed E-state index contributed by atoms with van der Waals surface area (Å²) in [5.41, 5.74) is 12.6. The van der Waals surface area contributed by atoms with Crippen LogP contribution in [0.15, 0.2) is 69.3 Å². The average molecular weight is 726 g/mol. The fourth-order valence-electron chi connectivity index (χ4n) is 5.10. The van der Waals surface area contributed by atoms with E-state index < -0.39 is 29.0 Å². The average Bonchev–Trinajstić information content (AvgIpc) is 3.64. The van der Waals surface area contributed by atoms with Gasteiger partial charge in [-0.15, -0.1) is 0 Å². The van der Waals surface area contributed by atoms with Gasteiger partial charge in [0.05, 0.1) is 26.1 Å². The minimum absolute atomic E-state index is 0.0157. The number of guanidine groups is 1. The van der Waals surface area contributed by atoms with E-state index in [-0.39, 0.29) is 43.2 Å². The molecule has 1 aliphatic heterocycles. The van der Waals surface area contributed by atoms with Crippen LogP contribution in [0.5, 0.6) is 0 Å². The van der Waals surface area contributed by atoms with E-state index in [1.165, 1.54) is 24.6 Å². The summed E-state index contributed by atoms with van der Waals surface area (Å²) in [7, 11) is 1.23. The number of hydrazine groups is 1. The van der Waals surface area contributed by atoms with Crippen LogP contribution in [0.25, 0.3) is 0 Å². The first kappa shape index (κ1) is 42.4. The maximum atomic E-state index is 13.4. The highest BCUT2D eigenvalue weighted by Crippen LogP contribution is 2.20. The number of carbonyl (C=O) groups is 4. The van der Waals surface area contributed by atoms with Gasteiger partial charge in [0, 0.05) is 25.7 Å². The molecule has 0 bridgehead atoms. The highest BCUT2D eigenvalue weighted by Gasteiger charge is 2.38. The molecule has 0 saturated carbocycles. The van der Waals surface area contributed by atoms with Crippen LogP contribution >= 0.6 is 0 Å². The van der Waals surface area contributed by atoms with Crippen molar-refractivity contribution in [2.45, 2.75) is 83.3 Å². The number of nitrogens with zero attached hydrogens (tertiary/aromatic N) is 5. The van der Waals surface area contributed by atoms with Crippen molar-refractivity contribution in [3.8, 4) is 0 Å². The Morgan fingerprint density at radius 1 is 1.17 bits per heavy atom. The topological polar surface area (TPSA) is 247 Å². The summed E-state index contributed by atoms with van der Waals surface area (Å²) < 4.78 is 4.74. The van der Waals surface area contributed by atoms with Gasteiger partial charge in [0.15, 0.2) is 5.03 Å². The van der Waals surface area contributed by atoms with Gasteiger partial charge in [0.1, 0.15) is 23.5 Å². The van der Waals surface area contributed by atoms with E-state index >= 15 is 0 Å². The number of nitrogens with two attached hydrogens (primary N) is 1. The number of esters is 1. The zero-order valence-corrected chi connectivity index (χ0v) is 30.0. The van der Waals surface area contributed by atoms with Crippen LogP contribution in [0.2, 0.25) is 0 Å². The van der Waals surface area contributed by atoms with Crippen molar-refractivity contribution in [3.05, 3.63) is 69.8 Å². The van der Waals surface area contributed by atoms with E-state index in [0.29, 0.717) is 32.4 Å². The third-order valence-corrected chi connectivity index (χ3v) is 7.76. The molecule has 1 aromatic carbocycles. The summed E-state index contributed by atoms with van der Waals surface area (Å²) in [5, 5.41) is 23.6. The van der Waals surface area contributed by atoms with E-state index in [0.717, 1.165) is 30.4 Å². The fourth-order valence-corrected chi connectivity index (χ4v) is 5.10. The third kappa shape index (κ3) is 16.7. The van der Waals surface area contributed by atoms with Crippen LogP contribution < -0.4 is 32.6 Å². The second-order valence-electron chi connectivity index (χ2n) is 11.7. The first-order valence-electron chi connectivity index (χ1n) is 17.2. The second-order valence-corrected chi connectivity index (χ2v) is 11.7. The van der Waals surface area contributed by atoms with Crippen LogP contribution in [-0.4, -0.2) is 91.0 Å². The number of nitro groups is 1. The van der Waals surface area contributed by atoms with Crippen molar-refractivity contribution in [2.24, 2.45) is 20.9 Å². The summed E-state index contributed by atoms with van der Waals surface area (Å²) in [6, 6.07) is 8.03. The molecule has 0 aromatic heterocycles. The standard InChI is InChI=1S/C30H41N7O5.C4H10N4O2/c1-22(24-12-7-4-8-13-24)32-21-34-36-33-18-17-31-29(40)26-14-9-19-37(26)30(41)25(20-28(39)42-2)35-27(38)16-15-23-10-5-3-6-11-23;1-2-3-6-4(5)7-8(9)10/h4-5,7-8,10-13,18,21-22,25-26,36H,3,6,9,14-17,19-20H2,1-2H3,(H,31,40)(H,32,34)(H,35,38);2-3H2,1H3,(H3,5,6,7)/b33-18+;. The fraction of sp³-hybridized carbons (Fsp3) is 0.500. The summed E-state index contributed by atoms with van der Waals surface area (Å²) in [5.74, 6) is -1.92. The van der Waals surface area contributed by atoms with Gasteiger partial charge in [-0.3, -0.25) is 29.6 Å². The first-order chi connectivity index (χ1) is 25.0. The summed E-state index contributed by atoms with van der Waals surface area (Å²) in [6.07, 6.45) is 13.4. The molecule has 1 aromatic rings. The molecule has 52 heavy (non-hydrogen) atoms. The van der Waals surface area contributed by atoms with Crippen molar-refractivity contribution in [1.82, 2.24) is 31.8 Å². The Morgan fingerprint density at radius 2 is 1.94 bits per heavy atom. The van der Waals surface area contributed by atoms with Crippen LogP contribution in [-0.2, 0) is 23.9 Å². The van der Waals surface area contributed by atoms with E-state index in [9.17, 15) is 29.3 Å². The zero-order chi connectivity index (χ0) is 38.1. The summed E-state index contributed by atoms with van der Waals surface area (Å²) in [4.78, 5) is 66.5. The lowest BCUT2D eigenvalue weighted by atomic mass is 10.0. The number of hydrogen-bond donors (Lipinski definition) is 6. The lowest BCUT2D eigenvalue weighted by molar-refractivity contribution is -0.485. The van der Waals surface area contributed by atoms with Gasteiger partial charge in [-0.2, -0.15) is 5.10 Å². The molecule has 1 fully saturated rings. The number of likely N-dealkylation sites (tertiary alicyclic amines) is 1. The maximum Gasteiger partial charge on any atom is 0.308 e. The molecule has 18 nitrogen and oxygen atoms in total. The number of allylic oxidation sites excluding steroid dienone is 4. The van der Waals surface area contributed by atoms with Crippen LogP contribution in [0.1, 0.15) is 76.8 Å². The lowest BCUT2D eigenvalue weighted by Crippen LogP contribution is -2.54.